The molecule has 28 heavy (non-hydrogen) atoms. The maximum Gasteiger partial charge on any atom is 0.341 e. The Morgan fingerprint density at radius 2 is 1.89 bits per heavy atom. The molecule has 1 aliphatic rings. The van der Waals surface area contributed by atoms with Crippen LogP contribution in [-0.4, -0.2) is 19.0 Å². The number of methoxy groups -OCH3 is 1. The van der Waals surface area contributed by atoms with Crippen LogP contribution < -0.4 is 5.32 Å². The number of amides is 1. The molecule has 1 N–H and O–H groups in total. The molecule has 3 rings (SSSR count). The first-order valence-corrected chi connectivity index (χ1v) is 10.7. The normalized spacial score (nSPS) is 16.4. The van der Waals surface area contributed by atoms with Gasteiger partial charge in [0.05, 0.1) is 12.7 Å². The molecule has 5 heteroatoms. The van der Waals surface area contributed by atoms with Crippen LogP contribution in [0.15, 0.2) is 24.3 Å². The monoisotopic (exact) mass is 399 g/mol. The van der Waals surface area contributed by atoms with Crippen molar-refractivity contribution in [3.05, 3.63) is 51.4 Å². The van der Waals surface area contributed by atoms with Gasteiger partial charge in [-0.2, -0.15) is 0 Å². The zero-order valence-corrected chi connectivity index (χ0v) is 18.2. The number of ether oxygens (including phenoxy) is 1. The lowest BCUT2D eigenvalue weighted by atomic mass is 9.72. The van der Waals surface area contributed by atoms with Gasteiger partial charge < -0.3 is 10.1 Å². The summed E-state index contributed by atoms with van der Waals surface area (Å²) in [6.45, 7) is 8.87. The lowest BCUT2D eigenvalue weighted by molar-refractivity contribution is 0.0600. The molecule has 1 aromatic heterocycles. The Balaban J connectivity index is 1.91. The van der Waals surface area contributed by atoms with Crippen LogP contribution in [0.2, 0.25) is 0 Å². The average Bonchev–Trinajstić information content (AvgIpc) is 3.03. The first-order chi connectivity index (χ1) is 13.2. The molecule has 0 saturated heterocycles. The molecular formula is C23H29NO3S. The minimum absolute atomic E-state index is 0.196. The predicted octanol–water partition coefficient (Wildman–Crippen LogP) is 5.50. The van der Waals surface area contributed by atoms with E-state index >= 15 is 0 Å². The van der Waals surface area contributed by atoms with E-state index < -0.39 is 0 Å². The smallest absolute Gasteiger partial charge is 0.341 e. The zero-order valence-electron chi connectivity index (χ0n) is 17.3. The zero-order chi connectivity index (χ0) is 20.5. The maximum absolute atomic E-state index is 12.8. The molecule has 1 atom stereocenters. The SMILES string of the molecule is CCc1ccc(C(=O)Nc2sc3c(c2C(=O)OC)CCC(C(C)(C)C)C3)cc1. The fourth-order valence-corrected chi connectivity index (χ4v) is 5.11. The average molecular weight is 400 g/mol. The van der Waals surface area contributed by atoms with Gasteiger partial charge in [0, 0.05) is 10.4 Å². The van der Waals surface area contributed by atoms with Gasteiger partial charge in [-0.25, -0.2) is 4.79 Å². The third-order valence-corrected chi connectivity index (χ3v) is 6.90. The van der Waals surface area contributed by atoms with Crippen molar-refractivity contribution in [3.63, 3.8) is 0 Å². The van der Waals surface area contributed by atoms with Crippen molar-refractivity contribution in [3.8, 4) is 0 Å². The molecule has 2 aromatic rings. The van der Waals surface area contributed by atoms with Crippen LogP contribution in [0.1, 0.15) is 70.8 Å². The van der Waals surface area contributed by atoms with E-state index in [1.165, 1.54) is 28.9 Å². The lowest BCUT2D eigenvalue weighted by Crippen LogP contribution is -2.26. The van der Waals surface area contributed by atoms with Crippen LogP contribution in [-0.2, 0) is 24.0 Å². The van der Waals surface area contributed by atoms with E-state index in [0.29, 0.717) is 22.0 Å². The Labute approximate surface area is 171 Å². The van der Waals surface area contributed by atoms with Gasteiger partial charge in [0.15, 0.2) is 0 Å². The Kier molecular flexibility index (Phi) is 5.94. The highest BCUT2D eigenvalue weighted by molar-refractivity contribution is 7.17. The van der Waals surface area contributed by atoms with E-state index in [1.54, 1.807) is 0 Å². The first kappa shape index (κ1) is 20.6. The molecular weight excluding hydrogens is 370 g/mol. The molecule has 0 radical (unpaired) electrons. The molecule has 150 valence electrons. The third-order valence-electron chi connectivity index (χ3n) is 5.73. The standard InChI is InChI=1S/C23H29NO3S/c1-6-14-7-9-15(10-8-14)20(25)24-21-19(22(26)27-5)17-12-11-16(23(2,3)4)13-18(17)28-21/h7-10,16H,6,11-13H2,1-5H3,(H,24,25). The van der Waals surface area contributed by atoms with Gasteiger partial charge in [-0.15, -0.1) is 11.3 Å². The minimum Gasteiger partial charge on any atom is -0.465 e. The number of aryl methyl sites for hydroxylation is 1. The summed E-state index contributed by atoms with van der Waals surface area (Å²) in [6.07, 6.45) is 3.76. The topological polar surface area (TPSA) is 55.4 Å². The summed E-state index contributed by atoms with van der Waals surface area (Å²) in [5.41, 5.74) is 3.58. The number of carbonyl (C=O) groups is 2. The molecule has 1 aliphatic carbocycles. The number of rotatable bonds is 4. The number of hydrogen-bond donors (Lipinski definition) is 1. The fourth-order valence-electron chi connectivity index (χ4n) is 3.80. The summed E-state index contributed by atoms with van der Waals surface area (Å²) in [4.78, 5) is 26.4. The van der Waals surface area contributed by atoms with Gasteiger partial charge in [0.2, 0.25) is 0 Å². The van der Waals surface area contributed by atoms with E-state index in [1.807, 2.05) is 24.3 Å². The van der Waals surface area contributed by atoms with Gasteiger partial charge in [-0.1, -0.05) is 39.8 Å². The van der Waals surface area contributed by atoms with Crippen molar-refractivity contribution in [2.24, 2.45) is 11.3 Å². The molecule has 0 bridgehead atoms. The minimum atomic E-state index is -0.372. The van der Waals surface area contributed by atoms with Gasteiger partial charge in [-0.3, -0.25) is 4.79 Å². The van der Waals surface area contributed by atoms with Crippen LogP contribution in [0.25, 0.3) is 0 Å². The molecule has 1 heterocycles. The van der Waals surface area contributed by atoms with Gasteiger partial charge in [0.1, 0.15) is 5.00 Å². The molecule has 1 aromatic carbocycles. The number of esters is 1. The van der Waals surface area contributed by atoms with Crippen molar-refractivity contribution < 1.29 is 14.3 Å². The predicted molar refractivity (Wildman–Crippen MR) is 114 cm³/mol. The van der Waals surface area contributed by atoms with Gasteiger partial charge in [0.25, 0.3) is 5.91 Å². The molecule has 0 fully saturated rings. The fraction of sp³-hybridized carbons (Fsp3) is 0.478. The highest BCUT2D eigenvalue weighted by atomic mass is 32.1. The Hall–Kier alpha value is -2.14. The summed E-state index contributed by atoms with van der Waals surface area (Å²) in [7, 11) is 1.39. The van der Waals surface area contributed by atoms with E-state index in [9.17, 15) is 9.59 Å². The number of thiophene rings is 1. The Bertz CT molecular complexity index is 874. The molecule has 0 spiro atoms. The van der Waals surface area contributed by atoms with Crippen molar-refractivity contribution in [2.45, 2.75) is 53.4 Å². The largest absolute Gasteiger partial charge is 0.465 e. The number of hydrogen-bond acceptors (Lipinski definition) is 4. The molecule has 1 amide bonds. The van der Waals surface area contributed by atoms with E-state index in [4.69, 9.17) is 4.74 Å². The lowest BCUT2D eigenvalue weighted by Gasteiger charge is -2.33. The summed E-state index contributed by atoms with van der Waals surface area (Å²) >= 11 is 1.52. The molecule has 0 aliphatic heterocycles. The van der Waals surface area contributed by atoms with Crippen LogP contribution in [0, 0.1) is 11.3 Å². The Morgan fingerprint density at radius 1 is 1.21 bits per heavy atom. The molecule has 0 saturated carbocycles. The van der Waals surface area contributed by atoms with Crippen LogP contribution in [0.3, 0.4) is 0 Å². The van der Waals surface area contributed by atoms with Crippen LogP contribution >= 0.6 is 11.3 Å². The summed E-state index contributed by atoms with van der Waals surface area (Å²) in [5, 5.41) is 3.58. The number of fused-ring (bicyclic) bond motifs is 1. The highest BCUT2D eigenvalue weighted by Gasteiger charge is 2.34. The second kappa shape index (κ2) is 8.08. The maximum atomic E-state index is 12.8. The van der Waals surface area contributed by atoms with E-state index in [0.717, 1.165) is 31.2 Å². The van der Waals surface area contributed by atoms with Crippen LogP contribution in [0.5, 0.6) is 0 Å². The number of anilines is 1. The molecule has 1 unspecified atom stereocenters. The number of benzene rings is 1. The van der Waals surface area contributed by atoms with Crippen LogP contribution in [0.4, 0.5) is 5.00 Å². The quantitative estimate of drug-likeness (QED) is 0.691. The first-order valence-electron chi connectivity index (χ1n) is 9.87. The van der Waals surface area contributed by atoms with Gasteiger partial charge in [-0.05, 0) is 60.3 Å². The van der Waals surface area contributed by atoms with Crippen molar-refractivity contribution in [1.82, 2.24) is 0 Å². The van der Waals surface area contributed by atoms with Crippen molar-refractivity contribution >= 4 is 28.2 Å². The van der Waals surface area contributed by atoms with Gasteiger partial charge >= 0.3 is 5.97 Å². The van der Waals surface area contributed by atoms with E-state index in [2.05, 4.69) is 33.0 Å². The highest BCUT2D eigenvalue weighted by Crippen LogP contribution is 2.44. The molecule has 4 nitrogen and oxygen atoms in total. The summed E-state index contributed by atoms with van der Waals surface area (Å²) in [5.74, 6) is -0.00333. The second-order valence-corrected chi connectivity index (χ2v) is 9.62. The van der Waals surface area contributed by atoms with E-state index in [-0.39, 0.29) is 17.3 Å². The summed E-state index contributed by atoms with van der Waals surface area (Å²) < 4.78 is 5.03. The number of carbonyl (C=O) groups excluding carboxylic acids is 2. The van der Waals surface area contributed by atoms with Crippen molar-refractivity contribution in [1.29, 1.82) is 0 Å². The Morgan fingerprint density at radius 3 is 2.46 bits per heavy atom. The number of nitrogens with one attached hydrogen (secondary N) is 1. The summed E-state index contributed by atoms with van der Waals surface area (Å²) in [6, 6.07) is 7.58. The third kappa shape index (κ3) is 4.14. The second-order valence-electron chi connectivity index (χ2n) is 8.51. The van der Waals surface area contributed by atoms with Crippen molar-refractivity contribution in [2.75, 3.05) is 12.4 Å².